The minimum absolute atomic E-state index is 0.373. The molecule has 0 aliphatic rings. The van der Waals surface area contributed by atoms with Crippen molar-refractivity contribution in [2.24, 2.45) is 0 Å². The molecule has 0 bridgehead atoms. The van der Waals surface area contributed by atoms with Gasteiger partial charge in [-0.3, -0.25) is 9.59 Å². The predicted molar refractivity (Wildman–Crippen MR) is 67.8 cm³/mol. The van der Waals surface area contributed by atoms with Crippen LogP contribution in [0.4, 0.5) is 4.79 Å². The van der Waals surface area contributed by atoms with Crippen molar-refractivity contribution in [3.05, 3.63) is 0 Å². The number of nitrogens with zero attached hydrogens (tertiary/aromatic N) is 1. The van der Waals surface area contributed by atoms with E-state index in [1.165, 1.54) is 0 Å². The third-order valence-corrected chi connectivity index (χ3v) is 3.21. The Hall–Kier alpha value is -1.44. The van der Waals surface area contributed by atoms with Crippen LogP contribution in [0.1, 0.15) is 13.3 Å². The van der Waals surface area contributed by atoms with Gasteiger partial charge in [0.05, 0.1) is 0 Å². The Morgan fingerprint density at radius 1 is 1.22 bits per heavy atom. The molecule has 0 heterocycles. The van der Waals surface area contributed by atoms with Gasteiger partial charge in [-0.05, 0) is 12.7 Å². The average Bonchev–Trinajstić information content (AvgIpc) is 2.26. The fraction of sp³-hybridized carbons (Fsp3) is 0.700. The van der Waals surface area contributed by atoms with Crippen molar-refractivity contribution in [3.8, 4) is 0 Å². The highest BCUT2D eigenvalue weighted by atomic mass is 32.2. The molecule has 0 aromatic carbocycles. The standard InChI is InChI=1S/C10H18N2O5S/c1-7(18-2)3-4-11-10(17)12(5-8(13)14)6-9(15)16/h7H,3-6H2,1-2H3,(H,11,17)(H,13,14)(H,15,16). The maximum absolute atomic E-state index is 11.6. The Bertz CT molecular complexity index is 295. The molecule has 0 aromatic heterocycles. The SMILES string of the molecule is CSC(C)CCNC(=O)N(CC(=O)O)CC(=O)O. The lowest BCUT2D eigenvalue weighted by Gasteiger charge is -2.19. The summed E-state index contributed by atoms with van der Waals surface area (Å²) in [6, 6.07) is -0.673. The minimum Gasteiger partial charge on any atom is -0.480 e. The normalized spacial score (nSPS) is 11.7. The van der Waals surface area contributed by atoms with Gasteiger partial charge in [0.2, 0.25) is 0 Å². The van der Waals surface area contributed by atoms with Gasteiger partial charge in [-0.15, -0.1) is 0 Å². The summed E-state index contributed by atoms with van der Waals surface area (Å²) in [5.74, 6) is -2.49. The molecule has 7 nitrogen and oxygen atoms in total. The van der Waals surface area contributed by atoms with Crippen LogP contribution in [-0.2, 0) is 9.59 Å². The first-order chi connectivity index (χ1) is 8.36. The lowest BCUT2D eigenvalue weighted by atomic mass is 10.3. The summed E-state index contributed by atoms with van der Waals surface area (Å²) in [5, 5.41) is 20.0. The number of carboxylic acid groups (broad SMARTS) is 2. The third kappa shape index (κ3) is 7.77. The van der Waals surface area contributed by atoms with Crippen molar-refractivity contribution in [2.45, 2.75) is 18.6 Å². The highest BCUT2D eigenvalue weighted by molar-refractivity contribution is 7.99. The van der Waals surface area contributed by atoms with Crippen molar-refractivity contribution in [1.29, 1.82) is 0 Å². The van der Waals surface area contributed by atoms with Gasteiger partial charge < -0.3 is 20.4 Å². The van der Waals surface area contributed by atoms with Crippen molar-refractivity contribution in [1.82, 2.24) is 10.2 Å². The highest BCUT2D eigenvalue weighted by Crippen LogP contribution is 2.07. The number of rotatable bonds is 8. The number of carbonyl (C=O) groups is 3. The summed E-state index contributed by atoms with van der Waals surface area (Å²) >= 11 is 1.65. The van der Waals surface area contributed by atoms with Gasteiger partial charge in [-0.2, -0.15) is 11.8 Å². The molecule has 0 saturated heterocycles. The van der Waals surface area contributed by atoms with E-state index in [1.54, 1.807) is 11.8 Å². The van der Waals surface area contributed by atoms with Crippen molar-refractivity contribution in [3.63, 3.8) is 0 Å². The molecule has 0 aliphatic carbocycles. The maximum atomic E-state index is 11.6. The molecule has 0 radical (unpaired) electrons. The second kappa shape index (κ2) is 8.62. The van der Waals surface area contributed by atoms with Crippen LogP contribution in [0.25, 0.3) is 0 Å². The van der Waals surface area contributed by atoms with E-state index < -0.39 is 31.1 Å². The number of thioether (sulfide) groups is 1. The number of carboxylic acids is 2. The average molecular weight is 278 g/mol. The van der Waals surface area contributed by atoms with E-state index in [-0.39, 0.29) is 0 Å². The molecule has 0 rings (SSSR count). The summed E-state index contributed by atoms with van der Waals surface area (Å²) in [5.41, 5.74) is 0. The molecule has 8 heteroatoms. The van der Waals surface area contributed by atoms with Gasteiger partial charge in [-0.25, -0.2) is 4.79 Å². The zero-order chi connectivity index (χ0) is 14.1. The van der Waals surface area contributed by atoms with E-state index in [2.05, 4.69) is 5.32 Å². The maximum Gasteiger partial charge on any atom is 0.323 e. The van der Waals surface area contributed by atoms with E-state index in [0.29, 0.717) is 11.8 Å². The Balaban J connectivity index is 4.20. The number of hydrogen-bond acceptors (Lipinski definition) is 4. The summed E-state index contributed by atoms with van der Waals surface area (Å²) in [6.07, 6.45) is 2.69. The van der Waals surface area contributed by atoms with E-state index in [0.717, 1.165) is 11.3 Å². The van der Waals surface area contributed by atoms with Crippen LogP contribution in [-0.4, -0.2) is 64.2 Å². The number of urea groups is 1. The number of amides is 2. The number of carbonyl (C=O) groups excluding carboxylic acids is 1. The molecule has 1 atom stereocenters. The Morgan fingerprint density at radius 2 is 1.72 bits per heavy atom. The molecule has 104 valence electrons. The molecule has 0 spiro atoms. The summed E-state index contributed by atoms with van der Waals surface area (Å²) < 4.78 is 0. The zero-order valence-corrected chi connectivity index (χ0v) is 11.2. The molecular weight excluding hydrogens is 260 g/mol. The van der Waals surface area contributed by atoms with E-state index in [4.69, 9.17) is 10.2 Å². The fourth-order valence-electron chi connectivity index (χ4n) is 1.14. The fourth-order valence-corrected chi connectivity index (χ4v) is 1.49. The van der Waals surface area contributed by atoms with Crippen molar-refractivity contribution >= 4 is 29.7 Å². The van der Waals surface area contributed by atoms with Gasteiger partial charge in [0.15, 0.2) is 0 Å². The first-order valence-electron chi connectivity index (χ1n) is 5.36. The van der Waals surface area contributed by atoms with Crippen LogP contribution in [0, 0.1) is 0 Å². The number of hydrogen-bond donors (Lipinski definition) is 3. The monoisotopic (exact) mass is 278 g/mol. The first-order valence-corrected chi connectivity index (χ1v) is 6.64. The molecule has 0 aliphatic heterocycles. The molecule has 1 unspecified atom stereocenters. The summed E-state index contributed by atoms with van der Waals surface area (Å²) in [7, 11) is 0. The quantitative estimate of drug-likeness (QED) is 0.590. The molecule has 0 fully saturated rings. The molecular formula is C10H18N2O5S. The van der Waals surface area contributed by atoms with Crippen molar-refractivity contribution in [2.75, 3.05) is 25.9 Å². The minimum atomic E-state index is -1.25. The van der Waals surface area contributed by atoms with Crippen LogP contribution >= 0.6 is 11.8 Å². The zero-order valence-electron chi connectivity index (χ0n) is 10.4. The molecule has 0 saturated carbocycles. The van der Waals surface area contributed by atoms with E-state index in [9.17, 15) is 14.4 Å². The van der Waals surface area contributed by atoms with E-state index >= 15 is 0 Å². The highest BCUT2D eigenvalue weighted by Gasteiger charge is 2.19. The Kier molecular flexibility index (Phi) is 7.93. The van der Waals surface area contributed by atoms with Gasteiger partial charge >= 0.3 is 18.0 Å². The van der Waals surface area contributed by atoms with Gasteiger partial charge in [0, 0.05) is 11.8 Å². The van der Waals surface area contributed by atoms with E-state index in [1.807, 2.05) is 13.2 Å². The largest absolute Gasteiger partial charge is 0.480 e. The topological polar surface area (TPSA) is 107 Å². The second-order valence-corrected chi connectivity index (χ2v) is 4.99. The van der Waals surface area contributed by atoms with Crippen molar-refractivity contribution < 1.29 is 24.6 Å². The van der Waals surface area contributed by atoms with Gasteiger partial charge in [0.25, 0.3) is 0 Å². The Labute approximate surface area is 110 Å². The van der Waals surface area contributed by atoms with Crippen LogP contribution in [0.3, 0.4) is 0 Å². The number of nitrogens with one attached hydrogen (secondary N) is 1. The summed E-state index contributed by atoms with van der Waals surface area (Å²) in [6.45, 7) is 1.13. The van der Waals surface area contributed by atoms with Crippen LogP contribution in [0.15, 0.2) is 0 Å². The predicted octanol–water partition coefficient (Wildman–Crippen LogP) is 0.309. The number of aliphatic carboxylic acids is 2. The smallest absolute Gasteiger partial charge is 0.323 e. The van der Waals surface area contributed by atoms with Crippen LogP contribution in [0.2, 0.25) is 0 Å². The van der Waals surface area contributed by atoms with Gasteiger partial charge in [-0.1, -0.05) is 6.92 Å². The third-order valence-electron chi connectivity index (χ3n) is 2.17. The first kappa shape index (κ1) is 16.6. The van der Waals surface area contributed by atoms with Crippen LogP contribution < -0.4 is 5.32 Å². The lowest BCUT2D eigenvalue weighted by molar-refractivity contribution is -0.140. The lowest BCUT2D eigenvalue weighted by Crippen LogP contribution is -2.45. The van der Waals surface area contributed by atoms with Crippen LogP contribution in [0.5, 0.6) is 0 Å². The molecule has 3 N–H and O–H groups in total. The van der Waals surface area contributed by atoms with Gasteiger partial charge in [0.1, 0.15) is 13.1 Å². The molecule has 18 heavy (non-hydrogen) atoms. The Morgan fingerprint density at radius 3 is 2.11 bits per heavy atom. The molecule has 0 aromatic rings. The molecule has 2 amide bonds. The summed E-state index contributed by atoms with van der Waals surface area (Å²) in [4.78, 5) is 33.3. The second-order valence-electron chi connectivity index (χ2n) is 3.71.